The quantitative estimate of drug-likeness (QED) is 0.732. The van der Waals surface area contributed by atoms with Crippen LogP contribution >= 0.6 is 0 Å². The Labute approximate surface area is 121 Å². The minimum Gasteiger partial charge on any atom is -0.481 e. The highest BCUT2D eigenvalue weighted by atomic mass is 16.5. The van der Waals surface area contributed by atoms with Crippen molar-refractivity contribution in [2.24, 2.45) is 5.41 Å². The van der Waals surface area contributed by atoms with Crippen molar-refractivity contribution in [1.82, 2.24) is 5.32 Å². The van der Waals surface area contributed by atoms with Crippen LogP contribution in [0.2, 0.25) is 0 Å². The smallest absolute Gasteiger partial charge is 0.408 e. The number of amides is 1. The molecule has 1 rings (SSSR count). The molecule has 0 aliphatic rings. The predicted octanol–water partition coefficient (Wildman–Crippen LogP) is 1.48. The van der Waals surface area contributed by atoms with Gasteiger partial charge in [0.15, 0.2) is 0 Å². The summed E-state index contributed by atoms with van der Waals surface area (Å²) in [5.74, 6) is -2.78. The fourth-order valence-electron chi connectivity index (χ4n) is 1.56. The van der Waals surface area contributed by atoms with Gasteiger partial charge in [0, 0.05) is 0 Å². The van der Waals surface area contributed by atoms with Crippen LogP contribution in [0.1, 0.15) is 19.4 Å². The third-order valence-corrected chi connectivity index (χ3v) is 2.99. The van der Waals surface area contributed by atoms with Crippen LogP contribution in [-0.4, -0.2) is 34.3 Å². The van der Waals surface area contributed by atoms with Crippen LogP contribution in [0.4, 0.5) is 4.79 Å². The Morgan fingerprint density at radius 2 is 1.76 bits per heavy atom. The lowest BCUT2D eigenvalue weighted by Gasteiger charge is -2.27. The molecule has 1 atom stereocenters. The van der Waals surface area contributed by atoms with E-state index in [1.165, 1.54) is 13.8 Å². The maximum atomic E-state index is 11.6. The first-order chi connectivity index (χ1) is 9.75. The van der Waals surface area contributed by atoms with Gasteiger partial charge in [-0.1, -0.05) is 30.3 Å². The Kier molecular flexibility index (Phi) is 5.29. The molecule has 0 spiro atoms. The van der Waals surface area contributed by atoms with E-state index >= 15 is 0 Å². The Hall–Kier alpha value is -2.57. The van der Waals surface area contributed by atoms with E-state index in [0.717, 1.165) is 5.56 Å². The van der Waals surface area contributed by atoms with E-state index in [-0.39, 0.29) is 6.61 Å². The predicted molar refractivity (Wildman–Crippen MR) is 72.6 cm³/mol. The van der Waals surface area contributed by atoms with Crippen LogP contribution < -0.4 is 5.32 Å². The van der Waals surface area contributed by atoms with E-state index < -0.39 is 29.5 Å². The van der Waals surface area contributed by atoms with Crippen LogP contribution in [0.15, 0.2) is 30.3 Å². The molecule has 0 heterocycles. The summed E-state index contributed by atoms with van der Waals surface area (Å²) in [5.41, 5.74) is -0.936. The van der Waals surface area contributed by atoms with Crippen LogP contribution in [0.25, 0.3) is 0 Å². The summed E-state index contributed by atoms with van der Waals surface area (Å²) in [6.45, 7) is 2.39. The van der Waals surface area contributed by atoms with E-state index in [4.69, 9.17) is 14.9 Å². The van der Waals surface area contributed by atoms with Gasteiger partial charge in [-0.15, -0.1) is 0 Å². The van der Waals surface area contributed by atoms with Crippen molar-refractivity contribution in [2.75, 3.05) is 0 Å². The number of carbonyl (C=O) groups is 3. The maximum Gasteiger partial charge on any atom is 0.408 e. The molecule has 0 fully saturated rings. The van der Waals surface area contributed by atoms with Gasteiger partial charge in [-0.25, -0.2) is 9.59 Å². The van der Waals surface area contributed by atoms with E-state index in [1.807, 2.05) is 0 Å². The topological polar surface area (TPSA) is 113 Å². The number of carboxylic acid groups (broad SMARTS) is 2. The molecule has 0 radical (unpaired) electrons. The van der Waals surface area contributed by atoms with Gasteiger partial charge in [-0.2, -0.15) is 0 Å². The van der Waals surface area contributed by atoms with Crippen LogP contribution in [0, 0.1) is 5.41 Å². The summed E-state index contributed by atoms with van der Waals surface area (Å²) in [4.78, 5) is 33.8. The maximum absolute atomic E-state index is 11.6. The number of carboxylic acids is 2. The number of nitrogens with one attached hydrogen (secondary N) is 1. The number of carbonyl (C=O) groups excluding carboxylic acids is 1. The Bertz CT molecular complexity index is 526. The lowest BCUT2D eigenvalue weighted by atomic mass is 9.84. The Morgan fingerprint density at radius 3 is 2.24 bits per heavy atom. The second kappa shape index (κ2) is 6.74. The molecule has 0 unspecified atom stereocenters. The fourth-order valence-corrected chi connectivity index (χ4v) is 1.56. The lowest BCUT2D eigenvalue weighted by Crippen LogP contribution is -2.53. The summed E-state index contributed by atoms with van der Waals surface area (Å²) >= 11 is 0. The van der Waals surface area contributed by atoms with Gasteiger partial charge in [0.2, 0.25) is 0 Å². The first kappa shape index (κ1) is 16.5. The average Bonchev–Trinajstić information content (AvgIpc) is 2.43. The summed E-state index contributed by atoms with van der Waals surface area (Å²) in [6.07, 6.45) is -0.986. The van der Waals surface area contributed by atoms with Gasteiger partial charge in [0.1, 0.15) is 12.6 Å². The standard InChI is InChI=1S/C14H17NO6/c1-14(2,12(18)19)10(11(16)17)15-13(20)21-8-9-6-4-3-5-7-9/h3-7,10H,8H2,1-2H3,(H,15,20)(H,16,17)(H,18,19)/t10-/m0/s1. The third kappa shape index (κ3) is 4.48. The zero-order chi connectivity index (χ0) is 16.0. The number of alkyl carbamates (subject to hydrolysis) is 1. The number of benzene rings is 1. The summed E-state index contributed by atoms with van der Waals surface area (Å²) in [7, 11) is 0. The van der Waals surface area contributed by atoms with Gasteiger partial charge in [0.25, 0.3) is 0 Å². The van der Waals surface area contributed by atoms with Gasteiger partial charge in [-0.05, 0) is 19.4 Å². The highest BCUT2D eigenvalue weighted by Crippen LogP contribution is 2.21. The molecule has 0 aromatic heterocycles. The zero-order valence-electron chi connectivity index (χ0n) is 11.7. The van der Waals surface area contributed by atoms with Crippen LogP contribution in [0.5, 0.6) is 0 Å². The zero-order valence-corrected chi connectivity index (χ0v) is 11.7. The number of ether oxygens (including phenoxy) is 1. The van der Waals surface area contributed by atoms with E-state index in [0.29, 0.717) is 0 Å². The molecule has 0 aliphatic heterocycles. The fraction of sp³-hybridized carbons (Fsp3) is 0.357. The highest BCUT2D eigenvalue weighted by molar-refractivity contribution is 5.88. The molecule has 0 saturated carbocycles. The first-order valence-corrected chi connectivity index (χ1v) is 6.18. The second-order valence-electron chi connectivity index (χ2n) is 5.00. The second-order valence-corrected chi connectivity index (χ2v) is 5.00. The third-order valence-electron chi connectivity index (χ3n) is 2.99. The van der Waals surface area contributed by atoms with Crippen molar-refractivity contribution < 1.29 is 29.3 Å². The highest BCUT2D eigenvalue weighted by Gasteiger charge is 2.43. The summed E-state index contributed by atoms with van der Waals surface area (Å²) in [5, 5.41) is 20.2. The normalized spacial score (nSPS) is 12.3. The Morgan fingerprint density at radius 1 is 1.19 bits per heavy atom. The van der Waals surface area contributed by atoms with Crippen molar-refractivity contribution in [2.45, 2.75) is 26.5 Å². The molecule has 7 nitrogen and oxygen atoms in total. The van der Waals surface area contributed by atoms with E-state index in [2.05, 4.69) is 5.32 Å². The molecule has 1 amide bonds. The van der Waals surface area contributed by atoms with Gasteiger partial charge >= 0.3 is 18.0 Å². The number of hydrogen-bond donors (Lipinski definition) is 3. The van der Waals surface area contributed by atoms with Crippen molar-refractivity contribution in [1.29, 1.82) is 0 Å². The molecular formula is C14H17NO6. The molecule has 1 aromatic rings. The minimum absolute atomic E-state index is 0.0352. The van der Waals surface area contributed by atoms with Gasteiger partial charge < -0.3 is 20.3 Å². The van der Waals surface area contributed by atoms with Crippen molar-refractivity contribution in [3.05, 3.63) is 35.9 Å². The summed E-state index contributed by atoms with van der Waals surface area (Å²) in [6, 6.07) is 7.22. The van der Waals surface area contributed by atoms with Crippen molar-refractivity contribution in [3.63, 3.8) is 0 Å². The van der Waals surface area contributed by atoms with Crippen molar-refractivity contribution in [3.8, 4) is 0 Å². The molecular weight excluding hydrogens is 278 g/mol. The van der Waals surface area contributed by atoms with Crippen LogP contribution in [0.3, 0.4) is 0 Å². The molecule has 0 bridgehead atoms. The SMILES string of the molecule is CC(C)(C(=O)O)[C@@H](NC(=O)OCc1ccccc1)C(=O)O. The monoisotopic (exact) mass is 295 g/mol. The molecule has 7 heteroatoms. The Balaban J connectivity index is 2.66. The molecule has 0 aliphatic carbocycles. The molecule has 114 valence electrons. The lowest BCUT2D eigenvalue weighted by molar-refractivity contribution is -0.156. The van der Waals surface area contributed by atoms with Crippen molar-refractivity contribution >= 4 is 18.0 Å². The summed E-state index contributed by atoms with van der Waals surface area (Å²) < 4.78 is 4.88. The number of rotatable bonds is 6. The van der Waals surface area contributed by atoms with Gasteiger partial charge in [0.05, 0.1) is 5.41 Å². The first-order valence-electron chi connectivity index (χ1n) is 6.18. The molecule has 21 heavy (non-hydrogen) atoms. The molecule has 3 N–H and O–H groups in total. The molecule has 1 aromatic carbocycles. The minimum atomic E-state index is -1.67. The van der Waals surface area contributed by atoms with E-state index in [9.17, 15) is 14.4 Å². The largest absolute Gasteiger partial charge is 0.481 e. The average molecular weight is 295 g/mol. The van der Waals surface area contributed by atoms with E-state index in [1.54, 1.807) is 30.3 Å². The van der Waals surface area contributed by atoms with Gasteiger partial charge in [-0.3, -0.25) is 4.79 Å². The number of aliphatic carboxylic acids is 2. The molecule has 0 saturated heterocycles. The van der Waals surface area contributed by atoms with Crippen LogP contribution in [-0.2, 0) is 20.9 Å². The number of hydrogen-bond acceptors (Lipinski definition) is 4.